The zero-order valence-electron chi connectivity index (χ0n) is 20.1. The maximum atomic E-state index is 3.89. The molecule has 1 heterocycles. The van der Waals surface area contributed by atoms with E-state index >= 15 is 0 Å². The van der Waals surface area contributed by atoms with E-state index < -0.39 is 0 Å². The normalized spacial score (nSPS) is 14.2. The summed E-state index contributed by atoms with van der Waals surface area (Å²) in [5, 5.41) is 3.89. The minimum absolute atomic E-state index is 0.685. The van der Waals surface area contributed by atoms with Crippen LogP contribution in [-0.4, -0.2) is 17.2 Å². The summed E-state index contributed by atoms with van der Waals surface area (Å²) >= 11 is 0. The van der Waals surface area contributed by atoms with Crippen LogP contribution in [0.1, 0.15) is 98.2 Å². The first-order valence-corrected chi connectivity index (χ1v) is 12.0. The molecule has 0 aromatic carbocycles. The van der Waals surface area contributed by atoms with Crippen molar-refractivity contribution >= 4 is 0 Å². The van der Waals surface area contributed by atoms with E-state index in [0.717, 1.165) is 30.8 Å². The Kier molecular flexibility index (Phi) is 12.8. The zero-order valence-corrected chi connectivity index (χ0v) is 20.1. The van der Waals surface area contributed by atoms with Crippen LogP contribution in [0, 0.1) is 24.7 Å². The predicted octanol–water partition coefficient (Wildman–Crippen LogP) is 6.04. The van der Waals surface area contributed by atoms with E-state index in [9.17, 15) is 0 Å². The Labute approximate surface area is 176 Å². The van der Waals surface area contributed by atoms with E-state index in [-0.39, 0.29) is 0 Å². The summed E-state index contributed by atoms with van der Waals surface area (Å²) in [5.41, 5.74) is 0. The van der Waals surface area contributed by atoms with Crippen molar-refractivity contribution in [1.29, 1.82) is 0 Å². The molecule has 3 heteroatoms. The average molecular weight is 393 g/mol. The largest absolute Gasteiger partial charge is 0.310 e. The second-order valence-electron chi connectivity index (χ2n) is 9.99. The van der Waals surface area contributed by atoms with Crippen molar-refractivity contribution in [1.82, 2.24) is 9.88 Å². The summed E-state index contributed by atoms with van der Waals surface area (Å²) in [7, 11) is 2.12. The summed E-state index contributed by atoms with van der Waals surface area (Å²) in [5.74, 6) is 3.88. The molecule has 2 atom stereocenters. The fourth-order valence-electron chi connectivity index (χ4n) is 4.02. The van der Waals surface area contributed by atoms with E-state index in [1.807, 2.05) is 0 Å². The van der Waals surface area contributed by atoms with Crippen LogP contribution in [0.5, 0.6) is 0 Å². The van der Waals surface area contributed by atoms with Gasteiger partial charge in [0.05, 0.1) is 7.05 Å². The van der Waals surface area contributed by atoms with Gasteiger partial charge in [-0.15, -0.1) is 0 Å². The van der Waals surface area contributed by atoms with Crippen molar-refractivity contribution in [2.24, 2.45) is 24.8 Å². The van der Waals surface area contributed by atoms with Crippen molar-refractivity contribution in [3.05, 3.63) is 18.2 Å². The Morgan fingerprint density at radius 3 is 2.11 bits per heavy atom. The lowest BCUT2D eigenvalue weighted by Gasteiger charge is -2.21. The molecular weight excluding hydrogens is 342 g/mol. The smallest absolute Gasteiger partial charge is 0.253 e. The van der Waals surface area contributed by atoms with Crippen LogP contribution in [0.15, 0.2) is 12.4 Å². The molecule has 0 aliphatic carbocycles. The highest BCUT2D eigenvalue weighted by Crippen LogP contribution is 2.19. The van der Waals surface area contributed by atoms with Gasteiger partial charge in [-0.1, -0.05) is 73.1 Å². The van der Waals surface area contributed by atoms with Gasteiger partial charge in [0.15, 0.2) is 0 Å². The fraction of sp³-hybridized carbons (Fsp3) is 0.880. The number of hydrogen-bond donors (Lipinski definition) is 1. The van der Waals surface area contributed by atoms with E-state index in [4.69, 9.17) is 0 Å². The average Bonchev–Trinajstić information content (AvgIpc) is 2.94. The number of hydrogen-bond acceptors (Lipinski definition) is 1. The second-order valence-corrected chi connectivity index (χ2v) is 9.99. The first kappa shape index (κ1) is 25.2. The van der Waals surface area contributed by atoms with Crippen molar-refractivity contribution in [3.8, 4) is 0 Å². The molecule has 1 aromatic rings. The Morgan fingerprint density at radius 1 is 0.857 bits per heavy atom. The van der Waals surface area contributed by atoms with Gasteiger partial charge in [-0.2, -0.15) is 0 Å². The Balaban J connectivity index is 2.38. The van der Waals surface area contributed by atoms with Crippen LogP contribution >= 0.6 is 0 Å². The molecule has 0 fully saturated rings. The third kappa shape index (κ3) is 11.2. The molecule has 28 heavy (non-hydrogen) atoms. The van der Waals surface area contributed by atoms with Gasteiger partial charge in [0, 0.05) is 19.5 Å². The van der Waals surface area contributed by atoms with Crippen molar-refractivity contribution in [2.75, 3.05) is 6.54 Å². The molecule has 2 unspecified atom stereocenters. The van der Waals surface area contributed by atoms with Gasteiger partial charge in [0.25, 0.3) is 5.82 Å². The molecule has 3 nitrogen and oxygen atoms in total. The van der Waals surface area contributed by atoms with Crippen LogP contribution in [0.3, 0.4) is 0 Å². The third-order valence-electron chi connectivity index (χ3n) is 6.25. The van der Waals surface area contributed by atoms with Crippen molar-refractivity contribution in [2.45, 2.75) is 112 Å². The minimum Gasteiger partial charge on any atom is -0.310 e. The number of nitrogens with one attached hydrogen (secondary N) is 1. The van der Waals surface area contributed by atoms with E-state index in [1.54, 1.807) is 0 Å². The Morgan fingerprint density at radius 2 is 1.50 bits per heavy atom. The molecule has 164 valence electrons. The monoisotopic (exact) mass is 392 g/mol. The first-order valence-electron chi connectivity index (χ1n) is 12.0. The van der Waals surface area contributed by atoms with Crippen molar-refractivity contribution in [3.63, 3.8) is 0 Å². The highest BCUT2D eigenvalue weighted by atomic mass is 15.1. The molecule has 0 saturated heterocycles. The Hall–Kier alpha value is -0.830. The number of aromatic nitrogens is 2. The summed E-state index contributed by atoms with van der Waals surface area (Å²) < 4.78 is 4.56. The first-order chi connectivity index (χ1) is 13.3. The molecule has 1 rings (SSSR count). The molecule has 0 bridgehead atoms. The second kappa shape index (κ2) is 14.2. The minimum atomic E-state index is 0.685. The standard InChI is InChI=1S/C25H50N3/c1-21(2)11-8-9-14-25(16-15-23(5)13-10-12-22(3)4)26-17-18-28-20-19-27(7)24(28)6/h19-23,25-26H,8-18H2,1-7H3/q+1. The molecule has 1 N–H and O–H groups in total. The molecule has 0 aliphatic heterocycles. The van der Waals surface area contributed by atoms with Crippen LogP contribution in [0.2, 0.25) is 0 Å². The summed E-state index contributed by atoms with van der Waals surface area (Å²) in [4.78, 5) is 0. The van der Waals surface area contributed by atoms with Gasteiger partial charge in [0.2, 0.25) is 0 Å². The fourth-order valence-corrected chi connectivity index (χ4v) is 4.02. The lowest BCUT2D eigenvalue weighted by atomic mass is 9.92. The summed E-state index contributed by atoms with van der Waals surface area (Å²) in [6.45, 7) is 16.2. The van der Waals surface area contributed by atoms with Crippen LogP contribution in [0.4, 0.5) is 0 Å². The highest BCUT2D eigenvalue weighted by Gasteiger charge is 2.13. The maximum Gasteiger partial charge on any atom is 0.253 e. The molecule has 0 amide bonds. The quantitative estimate of drug-likeness (QED) is 0.269. The van der Waals surface area contributed by atoms with Gasteiger partial charge in [-0.3, -0.25) is 0 Å². The SMILES string of the molecule is Cc1n(CCNC(CCCCC(C)C)CCC(C)CCCC(C)C)cc[n+]1C. The number of nitrogens with zero attached hydrogens (tertiary/aromatic N) is 2. The van der Waals surface area contributed by atoms with Crippen molar-refractivity contribution < 1.29 is 4.57 Å². The third-order valence-corrected chi connectivity index (χ3v) is 6.25. The molecular formula is C25H50N3+. The highest BCUT2D eigenvalue weighted by molar-refractivity contribution is 4.80. The van der Waals surface area contributed by atoms with Gasteiger partial charge < -0.3 is 5.32 Å². The number of unbranched alkanes of at least 4 members (excludes halogenated alkanes) is 1. The molecule has 1 aromatic heterocycles. The van der Waals surface area contributed by atoms with E-state index in [1.165, 1.54) is 63.6 Å². The van der Waals surface area contributed by atoms with E-state index in [2.05, 4.69) is 75.4 Å². The van der Waals surface area contributed by atoms with E-state index in [0.29, 0.717) is 6.04 Å². The summed E-state index contributed by atoms with van der Waals surface area (Å²) in [6.07, 6.45) is 16.7. The number of imidazole rings is 1. The van der Waals surface area contributed by atoms with Crippen LogP contribution < -0.4 is 9.88 Å². The van der Waals surface area contributed by atoms with Crippen LogP contribution in [0.25, 0.3) is 0 Å². The zero-order chi connectivity index (χ0) is 20.9. The predicted molar refractivity (Wildman–Crippen MR) is 123 cm³/mol. The van der Waals surface area contributed by atoms with Gasteiger partial charge >= 0.3 is 0 Å². The maximum absolute atomic E-state index is 3.89. The number of rotatable bonds is 16. The lowest BCUT2D eigenvalue weighted by Crippen LogP contribution is -2.34. The number of aryl methyl sites for hydroxylation is 1. The van der Waals surface area contributed by atoms with Gasteiger partial charge in [-0.25, -0.2) is 9.13 Å². The molecule has 0 aliphatic rings. The molecule has 0 radical (unpaired) electrons. The van der Waals surface area contributed by atoms with Gasteiger partial charge in [-0.05, 0) is 37.0 Å². The van der Waals surface area contributed by atoms with Crippen LogP contribution in [-0.2, 0) is 13.6 Å². The summed E-state index contributed by atoms with van der Waals surface area (Å²) in [6, 6.07) is 0.685. The molecule has 0 spiro atoms. The topological polar surface area (TPSA) is 20.8 Å². The Bertz CT molecular complexity index is 504. The van der Waals surface area contributed by atoms with Gasteiger partial charge in [0.1, 0.15) is 18.9 Å². The molecule has 0 saturated carbocycles. The lowest BCUT2D eigenvalue weighted by molar-refractivity contribution is -0.677.